The molecule has 3 heterocycles. The third-order valence-corrected chi connectivity index (χ3v) is 5.26. The topological polar surface area (TPSA) is 27.7 Å². The lowest BCUT2D eigenvalue weighted by atomic mass is 9.95. The highest BCUT2D eigenvalue weighted by Crippen LogP contribution is 2.23. The van der Waals surface area contributed by atoms with Crippen molar-refractivity contribution in [3.8, 4) is 0 Å². The van der Waals surface area contributed by atoms with Gasteiger partial charge >= 0.3 is 0 Å². The van der Waals surface area contributed by atoms with Crippen LogP contribution in [-0.4, -0.2) is 73.4 Å². The largest absolute Gasteiger partial charge is 0.374 e. The Labute approximate surface area is 117 Å². The fourth-order valence-electron chi connectivity index (χ4n) is 3.82. The van der Waals surface area contributed by atoms with Gasteiger partial charge in [-0.1, -0.05) is 6.92 Å². The van der Waals surface area contributed by atoms with Gasteiger partial charge in [0.2, 0.25) is 0 Å². The molecule has 3 atom stereocenters. The highest BCUT2D eigenvalue weighted by atomic mass is 16.5. The minimum absolute atomic E-state index is 0.295. The standard InChI is InChI=1S/C15H29N3O/c1-3-15(2)12-17(8-6-16-15)9-14-10-18-7-4-5-13(18)11-19-14/h13-14,16H,3-12H2,1-2H3. The smallest absolute Gasteiger partial charge is 0.0829 e. The molecular weight excluding hydrogens is 238 g/mol. The van der Waals surface area contributed by atoms with Crippen molar-refractivity contribution < 1.29 is 4.74 Å². The van der Waals surface area contributed by atoms with Crippen LogP contribution in [0, 0.1) is 0 Å². The van der Waals surface area contributed by atoms with E-state index in [1.165, 1.54) is 32.4 Å². The molecule has 4 nitrogen and oxygen atoms in total. The second kappa shape index (κ2) is 5.68. The summed E-state index contributed by atoms with van der Waals surface area (Å²) < 4.78 is 6.09. The molecule has 0 amide bonds. The monoisotopic (exact) mass is 267 g/mol. The number of morpholine rings is 1. The number of rotatable bonds is 3. The van der Waals surface area contributed by atoms with Crippen molar-refractivity contribution in [3.63, 3.8) is 0 Å². The zero-order valence-corrected chi connectivity index (χ0v) is 12.5. The molecule has 4 heteroatoms. The molecule has 0 aromatic rings. The Hall–Kier alpha value is -0.160. The van der Waals surface area contributed by atoms with E-state index in [0.717, 1.165) is 38.8 Å². The summed E-state index contributed by atoms with van der Waals surface area (Å²) in [5.74, 6) is 0. The van der Waals surface area contributed by atoms with Gasteiger partial charge in [-0.15, -0.1) is 0 Å². The lowest BCUT2D eigenvalue weighted by Gasteiger charge is -2.44. The average molecular weight is 267 g/mol. The summed E-state index contributed by atoms with van der Waals surface area (Å²) in [6.45, 7) is 12.6. The summed E-state index contributed by atoms with van der Waals surface area (Å²) in [6, 6.07) is 0.722. The van der Waals surface area contributed by atoms with E-state index >= 15 is 0 Å². The molecule has 3 saturated heterocycles. The highest BCUT2D eigenvalue weighted by molar-refractivity contribution is 4.92. The first-order valence-corrected chi connectivity index (χ1v) is 8.01. The molecule has 3 unspecified atom stereocenters. The molecule has 3 aliphatic heterocycles. The number of ether oxygens (including phenoxy) is 1. The molecule has 1 N–H and O–H groups in total. The molecule has 0 aromatic heterocycles. The van der Waals surface area contributed by atoms with Gasteiger partial charge in [-0.3, -0.25) is 9.80 Å². The van der Waals surface area contributed by atoms with Crippen LogP contribution in [0.5, 0.6) is 0 Å². The van der Waals surface area contributed by atoms with E-state index in [-0.39, 0.29) is 0 Å². The Balaban J connectivity index is 1.51. The highest BCUT2D eigenvalue weighted by Gasteiger charge is 2.35. The zero-order valence-electron chi connectivity index (χ0n) is 12.5. The fourth-order valence-corrected chi connectivity index (χ4v) is 3.82. The van der Waals surface area contributed by atoms with Crippen molar-refractivity contribution in [2.45, 2.75) is 50.8 Å². The quantitative estimate of drug-likeness (QED) is 0.823. The van der Waals surface area contributed by atoms with Gasteiger partial charge in [0.05, 0.1) is 12.7 Å². The van der Waals surface area contributed by atoms with Crippen LogP contribution in [0.2, 0.25) is 0 Å². The Morgan fingerprint density at radius 2 is 2.26 bits per heavy atom. The van der Waals surface area contributed by atoms with Gasteiger partial charge in [0.1, 0.15) is 0 Å². The van der Waals surface area contributed by atoms with Gasteiger partial charge in [0, 0.05) is 44.3 Å². The molecule has 0 saturated carbocycles. The summed E-state index contributed by atoms with van der Waals surface area (Å²) in [4.78, 5) is 5.25. The first-order valence-electron chi connectivity index (χ1n) is 8.01. The zero-order chi connectivity index (χ0) is 13.3. The van der Waals surface area contributed by atoms with Crippen LogP contribution in [0.1, 0.15) is 33.1 Å². The lowest BCUT2D eigenvalue weighted by Crippen LogP contribution is -2.60. The van der Waals surface area contributed by atoms with Crippen LogP contribution in [0.25, 0.3) is 0 Å². The molecule has 0 aliphatic carbocycles. The molecule has 0 bridgehead atoms. The average Bonchev–Trinajstić information content (AvgIpc) is 2.86. The molecule has 0 spiro atoms. The maximum atomic E-state index is 6.09. The van der Waals surface area contributed by atoms with Crippen LogP contribution in [0.3, 0.4) is 0 Å². The van der Waals surface area contributed by atoms with Crippen LogP contribution in [0.4, 0.5) is 0 Å². The van der Waals surface area contributed by atoms with Crippen molar-refractivity contribution in [1.29, 1.82) is 0 Å². The van der Waals surface area contributed by atoms with Gasteiger partial charge < -0.3 is 10.1 Å². The SMILES string of the molecule is CCC1(C)CN(CC2CN3CCCC3CO2)CCN1. The predicted octanol–water partition coefficient (Wildman–Crippen LogP) is 0.924. The number of hydrogen-bond donors (Lipinski definition) is 1. The van der Waals surface area contributed by atoms with E-state index in [2.05, 4.69) is 29.0 Å². The molecule has 0 aromatic carbocycles. The van der Waals surface area contributed by atoms with Gasteiger partial charge in [-0.25, -0.2) is 0 Å². The van der Waals surface area contributed by atoms with E-state index in [1.807, 2.05) is 0 Å². The fraction of sp³-hybridized carbons (Fsp3) is 1.00. The second-order valence-electron chi connectivity index (χ2n) is 6.82. The second-order valence-corrected chi connectivity index (χ2v) is 6.82. The van der Waals surface area contributed by atoms with Gasteiger partial charge in [-0.05, 0) is 32.7 Å². The van der Waals surface area contributed by atoms with Gasteiger partial charge in [-0.2, -0.15) is 0 Å². The first-order chi connectivity index (χ1) is 9.18. The van der Waals surface area contributed by atoms with Gasteiger partial charge in [0.15, 0.2) is 0 Å². The van der Waals surface area contributed by atoms with Crippen molar-refractivity contribution in [2.24, 2.45) is 0 Å². The molecule has 3 fully saturated rings. The Bertz CT molecular complexity index is 312. The molecule has 0 radical (unpaired) electrons. The van der Waals surface area contributed by atoms with Crippen molar-refractivity contribution in [1.82, 2.24) is 15.1 Å². The van der Waals surface area contributed by atoms with Crippen molar-refractivity contribution >= 4 is 0 Å². The molecule has 19 heavy (non-hydrogen) atoms. The first kappa shape index (κ1) is 13.8. The maximum absolute atomic E-state index is 6.09. The van der Waals surface area contributed by atoms with Crippen LogP contribution >= 0.6 is 0 Å². The van der Waals surface area contributed by atoms with E-state index in [4.69, 9.17) is 4.74 Å². The summed E-state index contributed by atoms with van der Waals surface area (Å²) in [5.41, 5.74) is 0.295. The Morgan fingerprint density at radius 3 is 3.11 bits per heavy atom. The van der Waals surface area contributed by atoms with Crippen molar-refractivity contribution in [2.75, 3.05) is 45.9 Å². The molecule has 3 rings (SSSR count). The van der Waals surface area contributed by atoms with Gasteiger partial charge in [0.25, 0.3) is 0 Å². The number of piperazine rings is 1. The third kappa shape index (κ3) is 3.13. The normalized spacial score (nSPS) is 41.4. The number of hydrogen-bond acceptors (Lipinski definition) is 4. The lowest BCUT2D eigenvalue weighted by molar-refractivity contribution is -0.0656. The van der Waals surface area contributed by atoms with Crippen LogP contribution < -0.4 is 5.32 Å². The summed E-state index contributed by atoms with van der Waals surface area (Å²) in [6.07, 6.45) is 4.33. The van der Waals surface area contributed by atoms with Crippen LogP contribution in [-0.2, 0) is 4.74 Å². The number of nitrogens with zero attached hydrogens (tertiary/aromatic N) is 2. The summed E-state index contributed by atoms with van der Waals surface area (Å²) in [7, 11) is 0. The Morgan fingerprint density at radius 1 is 1.37 bits per heavy atom. The summed E-state index contributed by atoms with van der Waals surface area (Å²) >= 11 is 0. The van der Waals surface area contributed by atoms with Crippen LogP contribution in [0.15, 0.2) is 0 Å². The van der Waals surface area contributed by atoms with E-state index < -0.39 is 0 Å². The third-order valence-electron chi connectivity index (χ3n) is 5.26. The van der Waals surface area contributed by atoms with E-state index in [9.17, 15) is 0 Å². The van der Waals surface area contributed by atoms with Crippen molar-refractivity contribution in [3.05, 3.63) is 0 Å². The molecule has 3 aliphatic rings. The minimum Gasteiger partial charge on any atom is -0.374 e. The summed E-state index contributed by atoms with van der Waals surface area (Å²) in [5, 5.41) is 3.66. The number of nitrogens with one attached hydrogen (secondary N) is 1. The number of fused-ring (bicyclic) bond motifs is 1. The maximum Gasteiger partial charge on any atom is 0.0829 e. The molecule has 110 valence electrons. The Kier molecular flexibility index (Phi) is 4.13. The predicted molar refractivity (Wildman–Crippen MR) is 77.5 cm³/mol. The molecular formula is C15H29N3O. The minimum atomic E-state index is 0.295. The van der Waals surface area contributed by atoms with E-state index in [0.29, 0.717) is 11.6 Å². The van der Waals surface area contributed by atoms with E-state index in [1.54, 1.807) is 0 Å².